The van der Waals surface area contributed by atoms with Crippen LogP contribution in [0.15, 0.2) is 30.3 Å². The largest absolute Gasteiger partial charge is 0.365 e. The first-order chi connectivity index (χ1) is 11.2. The van der Waals surface area contributed by atoms with Crippen LogP contribution in [0, 0.1) is 0 Å². The van der Waals surface area contributed by atoms with Crippen molar-refractivity contribution in [2.45, 2.75) is 76.5 Å². The van der Waals surface area contributed by atoms with Crippen LogP contribution in [0.2, 0.25) is 0 Å². The molecule has 2 saturated heterocycles. The monoisotopic (exact) mass is 315 g/mol. The van der Waals surface area contributed by atoms with E-state index in [1.807, 2.05) is 0 Å². The lowest BCUT2D eigenvalue weighted by Crippen LogP contribution is -2.44. The Morgan fingerprint density at radius 3 is 2.65 bits per heavy atom. The molecule has 3 nitrogen and oxygen atoms in total. The van der Waals surface area contributed by atoms with Gasteiger partial charge in [0, 0.05) is 18.5 Å². The van der Waals surface area contributed by atoms with E-state index in [1.54, 1.807) is 0 Å². The first-order valence-corrected chi connectivity index (χ1v) is 9.25. The van der Waals surface area contributed by atoms with Gasteiger partial charge in [0.1, 0.15) is 6.10 Å². The molecule has 2 fully saturated rings. The molecular formula is C20H29NO2. The highest BCUT2D eigenvalue weighted by molar-refractivity contribution is 5.82. The molecule has 126 valence electrons. The third-order valence-corrected chi connectivity index (χ3v) is 5.55. The van der Waals surface area contributed by atoms with E-state index in [0.717, 1.165) is 45.1 Å². The van der Waals surface area contributed by atoms with Gasteiger partial charge in [-0.3, -0.25) is 4.79 Å². The highest BCUT2D eigenvalue weighted by Gasteiger charge is 2.40. The Morgan fingerprint density at radius 2 is 2.00 bits per heavy atom. The van der Waals surface area contributed by atoms with Crippen molar-refractivity contribution in [1.29, 1.82) is 0 Å². The van der Waals surface area contributed by atoms with Crippen LogP contribution in [0.5, 0.6) is 0 Å². The van der Waals surface area contributed by atoms with Gasteiger partial charge in [-0.1, -0.05) is 44.2 Å². The predicted molar refractivity (Wildman–Crippen MR) is 92.4 cm³/mol. The number of carbonyl (C=O) groups excluding carboxylic acids is 1. The van der Waals surface area contributed by atoms with Crippen molar-refractivity contribution in [2.24, 2.45) is 0 Å². The molecule has 2 aliphatic heterocycles. The van der Waals surface area contributed by atoms with E-state index in [-0.39, 0.29) is 18.1 Å². The fraction of sp³-hybridized carbons (Fsp3) is 0.650. The van der Waals surface area contributed by atoms with Crippen molar-refractivity contribution in [3.05, 3.63) is 35.9 Å². The quantitative estimate of drug-likeness (QED) is 0.817. The summed E-state index contributed by atoms with van der Waals surface area (Å²) >= 11 is 0. The molecule has 0 N–H and O–H groups in total. The van der Waals surface area contributed by atoms with Gasteiger partial charge < -0.3 is 9.64 Å². The number of hydrogen-bond acceptors (Lipinski definition) is 2. The third-order valence-electron chi connectivity index (χ3n) is 5.55. The topological polar surface area (TPSA) is 29.5 Å². The zero-order chi connectivity index (χ0) is 16.2. The average Bonchev–Trinajstić information content (AvgIpc) is 3.25. The Kier molecular flexibility index (Phi) is 5.37. The van der Waals surface area contributed by atoms with E-state index < -0.39 is 0 Å². The van der Waals surface area contributed by atoms with Gasteiger partial charge in [0.15, 0.2) is 0 Å². The molecule has 3 heteroatoms. The molecule has 0 saturated carbocycles. The summed E-state index contributed by atoms with van der Waals surface area (Å²) in [5, 5.41) is 0. The molecule has 1 amide bonds. The second kappa shape index (κ2) is 7.48. The van der Waals surface area contributed by atoms with E-state index in [0.29, 0.717) is 12.0 Å². The van der Waals surface area contributed by atoms with Crippen LogP contribution in [0.3, 0.4) is 0 Å². The maximum Gasteiger partial charge on any atom is 0.251 e. The lowest BCUT2D eigenvalue weighted by molar-refractivity contribution is -0.144. The first kappa shape index (κ1) is 16.5. The summed E-state index contributed by atoms with van der Waals surface area (Å²) in [5.41, 5.74) is 1.36. The lowest BCUT2D eigenvalue weighted by Gasteiger charge is -2.33. The molecule has 2 heterocycles. The average molecular weight is 315 g/mol. The molecule has 2 aliphatic rings. The van der Waals surface area contributed by atoms with E-state index in [4.69, 9.17) is 4.74 Å². The molecule has 4 atom stereocenters. The number of hydrogen-bond donors (Lipinski definition) is 0. The van der Waals surface area contributed by atoms with Gasteiger partial charge in [-0.2, -0.15) is 0 Å². The zero-order valence-electron chi connectivity index (χ0n) is 14.4. The minimum Gasteiger partial charge on any atom is -0.365 e. The molecule has 1 aromatic rings. The summed E-state index contributed by atoms with van der Waals surface area (Å²) < 4.78 is 5.96. The summed E-state index contributed by atoms with van der Waals surface area (Å²) in [6, 6.07) is 11.0. The predicted octanol–water partition coefficient (Wildman–Crippen LogP) is 4.13. The highest BCUT2D eigenvalue weighted by atomic mass is 16.5. The highest BCUT2D eigenvalue weighted by Crippen LogP contribution is 2.35. The van der Waals surface area contributed by atoms with E-state index in [2.05, 4.69) is 49.1 Å². The van der Waals surface area contributed by atoms with Gasteiger partial charge in [0.2, 0.25) is 0 Å². The van der Waals surface area contributed by atoms with Crippen LogP contribution in [0.1, 0.15) is 63.9 Å². The number of rotatable bonds is 5. The van der Waals surface area contributed by atoms with Crippen molar-refractivity contribution in [3.8, 4) is 0 Å². The van der Waals surface area contributed by atoms with Crippen LogP contribution < -0.4 is 0 Å². The van der Waals surface area contributed by atoms with Crippen molar-refractivity contribution in [3.63, 3.8) is 0 Å². The van der Waals surface area contributed by atoms with Crippen LogP contribution >= 0.6 is 0 Å². The number of benzene rings is 1. The normalized spacial score (nSPS) is 29.0. The Hall–Kier alpha value is -1.35. The molecule has 0 radical (unpaired) electrons. The fourth-order valence-corrected chi connectivity index (χ4v) is 4.29. The molecule has 23 heavy (non-hydrogen) atoms. The summed E-state index contributed by atoms with van der Waals surface area (Å²) in [6.45, 7) is 5.26. The number of nitrogens with zero attached hydrogens (tertiary/aromatic N) is 1. The van der Waals surface area contributed by atoms with Gasteiger partial charge in [-0.25, -0.2) is 0 Å². The maximum atomic E-state index is 13.0. The van der Waals surface area contributed by atoms with Gasteiger partial charge in [-0.15, -0.1) is 0 Å². The molecule has 0 unspecified atom stereocenters. The van der Waals surface area contributed by atoms with Gasteiger partial charge in [0.05, 0.1) is 6.10 Å². The van der Waals surface area contributed by atoms with Gasteiger partial charge in [-0.05, 0) is 44.1 Å². The Labute approximate surface area is 140 Å². The first-order valence-electron chi connectivity index (χ1n) is 9.25. The lowest BCUT2D eigenvalue weighted by atomic mass is 9.87. The standard InChI is InChI=1S/C20H29NO2/c1-3-16-12-13-19(23-16)20(22)21-14-8-11-18(21)17(4-2)15-9-6-5-7-10-15/h5-7,9-10,16-19H,3-4,8,11-14H2,1-2H3/t16-,17+,18-,19-/m1/s1. The third kappa shape index (κ3) is 3.45. The smallest absolute Gasteiger partial charge is 0.251 e. The minimum absolute atomic E-state index is 0.200. The second-order valence-electron chi connectivity index (χ2n) is 6.90. The van der Waals surface area contributed by atoms with Crippen LogP contribution in [-0.4, -0.2) is 35.6 Å². The van der Waals surface area contributed by atoms with Gasteiger partial charge >= 0.3 is 0 Å². The Balaban J connectivity index is 1.73. The SMILES string of the molecule is CC[C@@H]1CC[C@H](C(=O)N2CCC[C@@H]2[C@@H](CC)c2ccccc2)O1. The number of carbonyl (C=O) groups is 1. The molecule has 0 bridgehead atoms. The van der Waals surface area contributed by atoms with Crippen LogP contribution in [0.4, 0.5) is 0 Å². The van der Waals surface area contributed by atoms with Crippen molar-refractivity contribution in [2.75, 3.05) is 6.54 Å². The van der Waals surface area contributed by atoms with Crippen molar-refractivity contribution in [1.82, 2.24) is 4.90 Å². The summed E-state index contributed by atoms with van der Waals surface area (Å²) in [7, 11) is 0. The number of likely N-dealkylation sites (tertiary alicyclic amines) is 1. The molecular weight excluding hydrogens is 286 g/mol. The van der Waals surface area contributed by atoms with E-state index >= 15 is 0 Å². The summed E-state index contributed by atoms with van der Waals surface area (Å²) in [5.74, 6) is 0.670. The summed E-state index contributed by atoms with van der Waals surface area (Å²) in [6.07, 6.45) is 6.31. The van der Waals surface area contributed by atoms with Gasteiger partial charge in [0.25, 0.3) is 5.91 Å². The molecule has 0 spiro atoms. The minimum atomic E-state index is -0.200. The summed E-state index contributed by atoms with van der Waals surface area (Å²) in [4.78, 5) is 15.1. The molecule has 0 aromatic heterocycles. The van der Waals surface area contributed by atoms with Crippen molar-refractivity contribution < 1.29 is 9.53 Å². The Bertz CT molecular complexity index is 516. The molecule has 3 rings (SSSR count). The number of amides is 1. The second-order valence-corrected chi connectivity index (χ2v) is 6.90. The van der Waals surface area contributed by atoms with Crippen LogP contribution in [-0.2, 0) is 9.53 Å². The van der Waals surface area contributed by atoms with Crippen molar-refractivity contribution >= 4 is 5.91 Å². The zero-order valence-corrected chi connectivity index (χ0v) is 14.4. The number of ether oxygens (including phenoxy) is 1. The van der Waals surface area contributed by atoms with Crippen LogP contribution in [0.25, 0.3) is 0 Å². The maximum absolute atomic E-state index is 13.0. The Morgan fingerprint density at radius 1 is 1.22 bits per heavy atom. The molecule has 0 aliphatic carbocycles. The van der Waals surface area contributed by atoms with E-state index in [9.17, 15) is 4.79 Å². The molecule has 1 aromatic carbocycles. The fourth-order valence-electron chi connectivity index (χ4n) is 4.29. The van der Waals surface area contributed by atoms with E-state index in [1.165, 1.54) is 5.56 Å².